The van der Waals surface area contributed by atoms with E-state index < -0.39 is 0 Å². The zero-order valence-corrected chi connectivity index (χ0v) is 12.1. The molecule has 2 fully saturated rings. The lowest BCUT2D eigenvalue weighted by Crippen LogP contribution is -2.48. The van der Waals surface area contributed by atoms with Crippen molar-refractivity contribution in [2.75, 3.05) is 0 Å². The monoisotopic (exact) mass is 252 g/mol. The average molecular weight is 252 g/mol. The fourth-order valence-corrected chi connectivity index (χ4v) is 3.34. The first-order chi connectivity index (χ1) is 8.69. The molecule has 3 heteroatoms. The lowest BCUT2D eigenvalue weighted by molar-refractivity contribution is -0.134. The molecule has 3 nitrogen and oxygen atoms in total. The van der Waals surface area contributed by atoms with Gasteiger partial charge in [-0.15, -0.1) is 0 Å². The van der Waals surface area contributed by atoms with Crippen molar-refractivity contribution in [2.24, 2.45) is 5.92 Å². The average Bonchev–Trinajstić information content (AvgIpc) is 2.54. The van der Waals surface area contributed by atoms with Crippen molar-refractivity contribution < 1.29 is 4.79 Å². The van der Waals surface area contributed by atoms with Crippen LogP contribution in [0, 0.1) is 5.92 Å². The lowest BCUT2D eigenvalue weighted by atomic mass is 9.79. The van der Waals surface area contributed by atoms with Crippen LogP contribution in [0.4, 0.5) is 0 Å². The number of nitrogens with zero attached hydrogens (tertiary/aromatic N) is 1. The van der Waals surface area contributed by atoms with Gasteiger partial charge in [-0.1, -0.05) is 33.1 Å². The van der Waals surface area contributed by atoms with E-state index in [1.54, 1.807) is 0 Å². The Morgan fingerprint density at radius 1 is 1.28 bits per heavy atom. The van der Waals surface area contributed by atoms with Crippen molar-refractivity contribution in [3.63, 3.8) is 0 Å². The highest BCUT2D eigenvalue weighted by Crippen LogP contribution is 2.34. The first-order valence-corrected chi connectivity index (χ1v) is 7.77. The number of amides is 1. The summed E-state index contributed by atoms with van der Waals surface area (Å²) in [7, 11) is 0. The Balaban J connectivity index is 2.05. The molecule has 1 saturated carbocycles. The highest BCUT2D eigenvalue weighted by Gasteiger charge is 2.42. The van der Waals surface area contributed by atoms with Gasteiger partial charge in [0.1, 0.15) is 0 Å². The Bertz CT molecular complexity index is 288. The predicted molar refractivity (Wildman–Crippen MR) is 74.2 cm³/mol. The Morgan fingerprint density at radius 2 is 1.94 bits per heavy atom. The molecule has 0 radical (unpaired) electrons. The third-order valence-corrected chi connectivity index (χ3v) is 4.69. The minimum Gasteiger partial charge on any atom is -0.323 e. The zero-order chi connectivity index (χ0) is 13.1. The predicted octanol–water partition coefficient (Wildman–Crippen LogP) is 2.90. The van der Waals surface area contributed by atoms with Crippen molar-refractivity contribution in [2.45, 2.75) is 84.0 Å². The minimum atomic E-state index is 0.0778. The van der Waals surface area contributed by atoms with E-state index in [1.165, 1.54) is 19.3 Å². The highest BCUT2D eigenvalue weighted by atomic mass is 16.2. The van der Waals surface area contributed by atoms with Crippen LogP contribution in [-0.2, 0) is 4.79 Å². The van der Waals surface area contributed by atoms with Crippen LogP contribution in [0.15, 0.2) is 0 Å². The Labute approximate surface area is 111 Å². The van der Waals surface area contributed by atoms with E-state index >= 15 is 0 Å². The molecule has 1 N–H and O–H groups in total. The second-order valence-corrected chi connectivity index (χ2v) is 5.99. The summed E-state index contributed by atoms with van der Waals surface area (Å²) in [5.74, 6) is 1.10. The van der Waals surface area contributed by atoms with Gasteiger partial charge in [0.25, 0.3) is 0 Å². The summed E-state index contributed by atoms with van der Waals surface area (Å²) in [4.78, 5) is 14.7. The molecule has 0 aromatic heterocycles. The summed E-state index contributed by atoms with van der Waals surface area (Å²) in [6.07, 6.45) is 8.53. The normalized spacial score (nSPS) is 30.6. The SMILES string of the molecule is CCCC1NC(CCC)N(C(C)C2CCC2)C1=O. The molecule has 18 heavy (non-hydrogen) atoms. The van der Waals surface area contributed by atoms with E-state index in [0.717, 1.165) is 31.6 Å². The van der Waals surface area contributed by atoms with Crippen molar-refractivity contribution in [3.8, 4) is 0 Å². The zero-order valence-electron chi connectivity index (χ0n) is 12.1. The van der Waals surface area contributed by atoms with E-state index in [2.05, 4.69) is 31.0 Å². The maximum absolute atomic E-state index is 12.5. The molecule has 0 bridgehead atoms. The van der Waals surface area contributed by atoms with Crippen LogP contribution in [0.25, 0.3) is 0 Å². The second-order valence-electron chi connectivity index (χ2n) is 5.99. The summed E-state index contributed by atoms with van der Waals surface area (Å²) in [6, 6.07) is 0.506. The van der Waals surface area contributed by atoms with E-state index in [4.69, 9.17) is 0 Å². The van der Waals surface area contributed by atoms with Crippen LogP contribution in [0.1, 0.15) is 65.7 Å². The first kappa shape index (κ1) is 13.9. The Morgan fingerprint density at radius 3 is 2.44 bits per heavy atom. The van der Waals surface area contributed by atoms with Gasteiger partial charge < -0.3 is 4.90 Å². The molecule has 3 unspecified atom stereocenters. The van der Waals surface area contributed by atoms with Crippen LogP contribution in [0.5, 0.6) is 0 Å². The number of carbonyl (C=O) groups excluding carboxylic acids is 1. The summed E-state index contributed by atoms with van der Waals surface area (Å²) >= 11 is 0. The van der Waals surface area contributed by atoms with Crippen molar-refractivity contribution >= 4 is 5.91 Å². The molecule has 1 amide bonds. The van der Waals surface area contributed by atoms with E-state index in [9.17, 15) is 4.79 Å². The molecule has 2 aliphatic rings. The maximum atomic E-state index is 12.5. The van der Waals surface area contributed by atoms with Crippen molar-refractivity contribution in [1.82, 2.24) is 10.2 Å². The number of hydrogen-bond acceptors (Lipinski definition) is 2. The molecule has 2 rings (SSSR count). The largest absolute Gasteiger partial charge is 0.323 e. The van der Waals surface area contributed by atoms with Crippen LogP contribution in [0.2, 0.25) is 0 Å². The number of carbonyl (C=O) groups is 1. The van der Waals surface area contributed by atoms with Crippen molar-refractivity contribution in [1.29, 1.82) is 0 Å². The van der Waals surface area contributed by atoms with E-state index in [0.29, 0.717) is 11.9 Å². The molecule has 0 aromatic carbocycles. The van der Waals surface area contributed by atoms with Gasteiger partial charge in [-0.2, -0.15) is 0 Å². The summed E-state index contributed by atoms with van der Waals surface area (Å²) in [5.41, 5.74) is 0. The van der Waals surface area contributed by atoms with Gasteiger partial charge in [-0.25, -0.2) is 0 Å². The fraction of sp³-hybridized carbons (Fsp3) is 0.933. The van der Waals surface area contributed by atoms with Crippen LogP contribution < -0.4 is 5.32 Å². The molecule has 104 valence electrons. The summed E-state index contributed by atoms with van der Waals surface area (Å²) in [6.45, 7) is 6.60. The van der Waals surface area contributed by atoms with Crippen LogP contribution in [0.3, 0.4) is 0 Å². The number of hydrogen-bond donors (Lipinski definition) is 1. The lowest BCUT2D eigenvalue weighted by Gasteiger charge is -2.39. The molecule has 1 saturated heterocycles. The molecule has 0 aromatic rings. The topological polar surface area (TPSA) is 32.3 Å². The fourth-order valence-electron chi connectivity index (χ4n) is 3.34. The summed E-state index contributed by atoms with van der Waals surface area (Å²) in [5, 5.41) is 3.55. The number of nitrogens with one attached hydrogen (secondary N) is 1. The molecule has 3 atom stereocenters. The molecule has 1 aliphatic heterocycles. The minimum absolute atomic E-state index is 0.0778. The third kappa shape index (κ3) is 2.56. The molecule has 1 aliphatic carbocycles. The highest BCUT2D eigenvalue weighted by molar-refractivity contribution is 5.84. The number of rotatable bonds is 6. The van der Waals surface area contributed by atoms with Gasteiger partial charge in [0, 0.05) is 6.04 Å². The van der Waals surface area contributed by atoms with E-state index in [1.807, 2.05) is 0 Å². The third-order valence-electron chi connectivity index (χ3n) is 4.69. The molecular formula is C15H28N2O. The van der Waals surface area contributed by atoms with E-state index in [-0.39, 0.29) is 12.2 Å². The van der Waals surface area contributed by atoms with Gasteiger partial charge in [-0.3, -0.25) is 10.1 Å². The Hall–Kier alpha value is -0.570. The van der Waals surface area contributed by atoms with Gasteiger partial charge in [0.15, 0.2) is 0 Å². The van der Waals surface area contributed by atoms with Gasteiger partial charge in [0.2, 0.25) is 5.91 Å². The van der Waals surface area contributed by atoms with Crippen LogP contribution in [-0.4, -0.2) is 29.1 Å². The maximum Gasteiger partial charge on any atom is 0.241 e. The summed E-state index contributed by atoms with van der Waals surface area (Å²) < 4.78 is 0. The Kier molecular flexibility index (Phi) is 4.66. The molecule has 1 heterocycles. The second kappa shape index (κ2) is 6.05. The van der Waals surface area contributed by atoms with Crippen LogP contribution >= 0.6 is 0 Å². The molecular weight excluding hydrogens is 224 g/mol. The first-order valence-electron chi connectivity index (χ1n) is 7.77. The standard InChI is InChI=1S/C15H28N2O/c1-4-7-13-15(18)17(14(16-13)8-5-2)11(3)12-9-6-10-12/h11-14,16H,4-10H2,1-3H3. The molecule has 0 spiro atoms. The van der Waals surface area contributed by atoms with Gasteiger partial charge >= 0.3 is 0 Å². The van der Waals surface area contributed by atoms with Gasteiger partial charge in [-0.05, 0) is 38.5 Å². The smallest absolute Gasteiger partial charge is 0.241 e. The van der Waals surface area contributed by atoms with Gasteiger partial charge in [0.05, 0.1) is 12.2 Å². The van der Waals surface area contributed by atoms with Crippen molar-refractivity contribution in [3.05, 3.63) is 0 Å². The quantitative estimate of drug-likeness (QED) is 0.788.